The van der Waals surface area contributed by atoms with Gasteiger partial charge in [0, 0.05) is 20.1 Å². The summed E-state index contributed by atoms with van der Waals surface area (Å²) >= 11 is 7.04. The Kier molecular flexibility index (Phi) is 9.32. The third-order valence-corrected chi connectivity index (χ3v) is 8.06. The number of nitrogens with zero attached hydrogens (tertiary/aromatic N) is 3. The molecule has 0 N–H and O–H groups in total. The minimum Gasteiger partial charge on any atom is -0.496 e. The molecule has 0 saturated carbocycles. The Morgan fingerprint density at radius 1 is 0.930 bits per heavy atom. The van der Waals surface area contributed by atoms with Crippen molar-refractivity contribution in [2.45, 2.75) is 33.3 Å². The summed E-state index contributed by atoms with van der Waals surface area (Å²) in [5, 5.41) is 5.20. The van der Waals surface area contributed by atoms with Crippen molar-refractivity contribution < 1.29 is 14.2 Å². The predicted molar refractivity (Wildman–Crippen MR) is 179 cm³/mol. The van der Waals surface area contributed by atoms with Gasteiger partial charge in [-0.05, 0) is 78.1 Å². The second-order valence-corrected chi connectivity index (χ2v) is 12.2. The predicted octanol–water partition coefficient (Wildman–Crippen LogP) is 8.50. The van der Waals surface area contributed by atoms with Gasteiger partial charge in [0.1, 0.15) is 12.4 Å². The standard InChI is InChI=1S/C34H31Br2N3O4/c1-20(2)27-17-28(21(3)14-30(27)41-4)33-38-29-9-7-6-8-26(29)34(40)39(33)37-18-23-15-25(36)16-31(42-5)32(23)43-19-22-10-12-24(35)13-11-22/h6-18,20H,19H2,1-5H3. The van der Waals surface area contributed by atoms with E-state index in [9.17, 15) is 4.79 Å². The highest BCUT2D eigenvalue weighted by atomic mass is 79.9. The topological polar surface area (TPSA) is 74.9 Å². The number of methoxy groups -OCH3 is 2. The number of ether oxygens (including phenoxy) is 3. The van der Waals surface area contributed by atoms with E-state index in [0.717, 1.165) is 36.9 Å². The van der Waals surface area contributed by atoms with Crippen LogP contribution in [0.4, 0.5) is 0 Å². The van der Waals surface area contributed by atoms with Crippen molar-refractivity contribution in [2.24, 2.45) is 5.10 Å². The van der Waals surface area contributed by atoms with Crippen LogP contribution in [0, 0.1) is 6.92 Å². The lowest BCUT2D eigenvalue weighted by Crippen LogP contribution is -2.21. The normalized spacial score (nSPS) is 11.4. The van der Waals surface area contributed by atoms with E-state index in [1.54, 1.807) is 26.5 Å². The Morgan fingerprint density at radius 2 is 1.65 bits per heavy atom. The number of para-hydroxylation sites is 1. The van der Waals surface area contributed by atoms with E-state index < -0.39 is 0 Å². The second kappa shape index (κ2) is 13.1. The van der Waals surface area contributed by atoms with Gasteiger partial charge in [0.2, 0.25) is 0 Å². The third-order valence-electron chi connectivity index (χ3n) is 7.07. The maximum atomic E-state index is 13.9. The Hall–Kier alpha value is -3.95. The molecule has 0 unspecified atom stereocenters. The minimum absolute atomic E-state index is 0.193. The zero-order chi connectivity index (χ0) is 30.7. The van der Waals surface area contributed by atoms with Crippen molar-refractivity contribution in [3.8, 4) is 28.6 Å². The van der Waals surface area contributed by atoms with Crippen LogP contribution in [0.3, 0.4) is 0 Å². The lowest BCUT2D eigenvalue weighted by atomic mass is 9.96. The number of aryl methyl sites for hydroxylation is 1. The molecule has 1 aromatic heterocycles. The van der Waals surface area contributed by atoms with E-state index in [4.69, 9.17) is 24.3 Å². The monoisotopic (exact) mass is 703 g/mol. The van der Waals surface area contributed by atoms with Crippen molar-refractivity contribution >= 4 is 49.0 Å². The molecule has 5 rings (SSSR count). The number of benzene rings is 4. The SMILES string of the molecule is COc1cc(C)c(-c2nc3ccccc3c(=O)n2N=Cc2cc(Br)cc(OC)c2OCc2ccc(Br)cc2)cc1C(C)C. The molecule has 0 aliphatic heterocycles. The van der Waals surface area contributed by atoms with Gasteiger partial charge >= 0.3 is 0 Å². The van der Waals surface area contributed by atoms with Crippen molar-refractivity contribution in [3.05, 3.63) is 114 Å². The fraction of sp³-hybridized carbons (Fsp3) is 0.206. The highest BCUT2D eigenvalue weighted by Gasteiger charge is 2.19. The second-order valence-electron chi connectivity index (χ2n) is 10.3. The zero-order valence-corrected chi connectivity index (χ0v) is 27.7. The van der Waals surface area contributed by atoms with Crippen LogP contribution < -0.4 is 19.8 Å². The highest BCUT2D eigenvalue weighted by Crippen LogP contribution is 2.36. The van der Waals surface area contributed by atoms with Crippen LogP contribution >= 0.6 is 31.9 Å². The molecule has 1 heterocycles. The first-order valence-corrected chi connectivity index (χ1v) is 15.3. The number of hydrogen-bond acceptors (Lipinski definition) is 6. The maximum absolute atomic E-state index is 13.9. The molecule has 220 valence electrons. The third kappa shape index (κ3) is 6.53. The first kappa shape index (κ1) is 30.5. The van der Waals surface area contributed by atoms with Gasteiger partial charge in [0.15, 0.2) is 17.3 Å². The van der Waals surface area contributed by atoms with E-state index in [-0.39, 0.29) is 11.5 Å². The average Bonchev–Trinajstić information content (AvgIpc) is 3.00. The van der Waals surface area contributed by atoms with E-state index in [2.05, 4.69) is 45.7 Å². The molecule has 0 aliphatic rings. The van der Waals surface area contributed by atoms with Gasteiger partial charge in [0.05, 0.1) is 31.3 Å². The summed E-state index contributed by atoms with van der Waals surface area (Å²) < 4.78 is 20.7. The van der Waals surface area contributed by atoms with Gasteiger partial charge in [-0.15, -0.1) is 0 Å². The summed E-state index contributed by atoms with van der Waals surface area (Å²) in [7, 11) is 3.25. The van der Waals surface area contributed by atoms with Crippen LogP contribution in [0.2, 0.25) is 0 Å². The highest BCUT2D eigenvalue weighted by molar-refractivity contribution is 9.10. The van der Waals surface area contributed by atoms with Gasteiger partial charge in [-0.3, -0.25) is 4.79 Å². The first-order chi connectivity index (χ1) is 20.7. The van der Waals surface area contributed by atoms with Crippen molar-refractivity contribution in [1.82, 2.24) is 9.66 Å². The molecule has 0 spiro atoms. The van der Waals surface area contributed by atoms with Crippen LogP contribution in [-0.2, 0) is 6.61 Å². The maximum Gasteiger partial charge on any atom is 0.282 e. The molecule has 43 heavy (non-hydrogen) atoms. The smallest absolute Gasteiger partial charge is 0.282 e. The number of halogens is 2. The molecule has 0 fully saturated rings. The Balaban J connectivity index is 1.67. The Labute approximate surface area is 267 Å². The lowest BCUT2D eigenvalue weighted by Gasteiger charge is -2.17. The largest absolute Gasteiger partial charge is 0.496 e. The summed E-state index contributed by atoms with van der Waals surface area (Å²) in [6, 6.07) is 22.9. The van der Waals surface area contributed by atoms with Crippen LogP contribution in [-0.4, -0.2) is 30.1 Å². The molecule has 0 aliphatic carbocycles. The summed E-state index contributed by atoms with van der Waals surface area (Å²) in [5.41, 5.74) is 4.66. The fourth-order valence-corrected chi connectivity index (χ4v) is 5.54. The number of hydrogen-bond donors (Lipinski definition) is 0. The van der Waals surface area contributed by atoms with Crippen molar-refractivity contribution in [1.29, 1.82) is 0 Å². The number of fused-ring (bicyclic) bond motifs is 1. The van der Waals surface area contributed by atoms with Gasteiger partial charge < -0.3 is 14.2 Å². The first-order valence-electron chi connectivity index (χ1n) is 13.7. The van der Waals surface area contributed by atoms with Crippen LogP contribution in [0.15, 0.2) is 91.6 Å². The van der Waals surface area contributed by atoms with Gasteiger partial charge in [-0.2, -0.15) is 9.78 Å². The lowest BCUT2D eigenvalue weighted by molar-refractivity contribution is 0.284. The number of aromatic nitrogens is 2. The van der Waals surface area contributed by atoms with E-state index >= 15 is 0 Å². The van der Waals surface area contributed by atoms with Gasteiger partial charge in [0.25, 0.3) is 5.56 Å². The van der Waals surface area contributed by atoms with E-state index in [1.807, 2.05) is 73.7 Å². The molecule has 0 radical (unpaired) electrons. The molecule has 5 aromatic rings. The van der Waals surface area contributed by atoms with E-state index in [1.165, 1.54) is 4.68 Å². The van der Waals surface area contributed by atoms with Gasteiger partial charge in [-0.1, -0.05) is 70.0 Å². The van der Waals surface area contributed by atoms with Crippen LogP contribution in [0.1, 0.15) is 42.0 Å². The molecule has 0 atom stereocenters. The van der Waals surface area contributed by atoms with Crippen LogP contribution in [0.5, 0.6) is 17.2 Å². The Morgan fingerprint density at radius 3 is 2.35 bits per heavy atom. The summed E-state index contributed by atoms with van der Waals surface area (Å²) in [5.74, 6) is 2.45. The van der Waals surface area contributed by atoms with Gasteiger partial charge in [-0.25, -0.2) is 4.98 Å². The van der Waals surface area contributed by atoms with Crippen LogP contribution in [0.25, 0.3) is 22.3 Å². The summed E-state index contributed by atoms with van der Waals surface area (Å²) in [4.78, 5) is 18.9. The zero-order valence-electron chi connectivity index (χ0n) is 24.5. The average molecular weight is 705 g/mol. The molecular weight excluding hydrogens is 674 g/mol. The summed E-state index contributed by atoms with van der Waals surface area (Å²) in [6.45, 7) is 6.50. The summed E-state index contributed by atoms with van der Waals surface area (Å²) in [6.07, 6.45) is 1.60. The molecular formula is C34H31Br2N3O4. The molecule has 0 amide bonds. The van der Waals surface area contributed by atoms with E-state index in [0.29, 0.717) is 40.4 Å². The number of rotatable bonds is 9. The molecule has 0 saturated heterocycles. The molecule has 4 aromatic carbocycles. The van der Waals surface area contributed by atoms with Crippen molar-refractivity contribution in [3.63, 3.8) is 0 Å². The minimum atomic E-state index is -0.280. The fourth-order valence-electron chi connectivity index (χ4n) is 4.82. The van der Waals surface area contributed by atoms with Crippen molar-refractivity contribution in [2.75, 3.05) is 14.2 Å². The Bertz CT molecular complexity index is 1880. The molecule has 7 nitrogen and oxygen atoms in total. The molecule has 9 heteroatoms. The quantitative estimate of drug-likeness (QED) is 0.144. The molecule has 0 bridgehead atoms.